The van der Waals surface area contributed by atoms with E-state index in [4.69, 9.17) is 39.1 Å². The van der Waals surface area contributed by atoms with Crippen molar-refractivity contribution in [1.82, 2.24) is 0 Å². The minimum atomic E-state index is -5.15. The lowest BCUT2D eigenvalue weighted by molar-refractivity contribution is 0.333. The van der Waals surface area contributed by atoms with Crippen molar-refractivity contribution < 1.29 is 57.4 Å². The highest BCUT2D eigenvalue weighted by Gasteiger charge is 2.43. The predicted molar refractivity (Wildman–Crippen MR) is 74.1 cm³/mol. The van der Waals surface area contributed by atoms with Crippen LogP contribution in [0.2, 0.25) is 0 Å². The molecule has 0 rings (SSSR count). The van der Waals surface area contributed by atoms with E-state index in [2.05, 4.69) is 0 Å². The molecule has 0 aliphatic heterocycles. The topological polar surface area (TPSA) is 230 Å². The second-order valence-corrected chi connectivity index (χ2v) is 12.3. The Kier molecular flexibility index (Phi) is 7.60. The monoisotopic (exact) mass is 404 g/mol. The molecule has 0 aromatic rings. The predicted octanol–water partition coefficient (Wildman–Crippen LogP) is -0.314. The molecule has 22 heavy (non-hydrogen) atoms. The van der Waals surface area contributed by atoms with Crippen LogP contribution in [0.3, 0.4) is 0 Å². The normalized spacial score (nSPS) is 15.2. The first kappa shape index (κ1) is 22.3. The lowest BCUT2D eigenvalue weighted by Crippen LogP contribution is -2.09. The molecule has 0 unspecified atom stereocenters. The summed E-state index contributed by atoms with van der Waals surface area (Å²) in [4.78, 5) is 70.5. The molecule has 0 aromatic carbocycles. The van der Waals surface area contributed by atoms with Crippen molar-refractivity contribution in [3.63, 3.8) is 0 Å². The summed E-state index contributed by atoms with van der Waals surface area (Å²) in [6.45, 7) is 0. The molecule has 0 heterocycles. The highest BCUT2D eigenvalue weighted by Crippen LogP contribution is 2.62. The molecule has 132 valence electrons. The Bertz CT molecular complexity index is 491. The fourth-order valence-corrected chi connectivity index (χ4v) is 6.10. The Balaban J connectivity index is 5.08. The van der Waals surface area contributed by atoms with Crippen LogP contribution in [-0.2, 0) is 18.3 Å². The van der Waals surface area contributed by atoms with E-state index in [0.717, 1.165) is 12.2 Å². The molecule has 0 saturated carbocycles. The first-order valence-corrected chi connectivity index (χ1v) is 12.1. The lowest BCUT2D eigenvalue weighted by Gasteiger charge is -2.19. The summed E-state index contributed by atoms with van der Waals surface area (Å²) in [6, 6.07) is 0. The first-order valence-electron chi connectivity index (χ1n) is 5.33. The maximum atomic E-state index is 10.9. The van der Waals surface area contributed by atoms with E-state index in [9.17, 15) is 18.3 Å². The maximum Gasteiger partial charge on any atom is 0.341 e. The highest BCUT2D eigenvalue weighted by atomic mass is 31.2. The van der Waals surface area contributed by atoms with Crippen LogP contribution < -0.4 is 0 Å². The maximum absolute atomic E-state index is 10.9. The van der Waals surface area contributed by atoms with E-state index in [-0.39, 0.29) is 0 Å². The van der Waals surface area contributed by atoms with Gasteiger partial charge in [-0.2, -0.15) is 0 Å². The summed E-state index contributed by atoms with van der Waals surface area (Å²) in [5.41, 5.74) is 0. The smallest absolute Gasteiger partial charge is 0.324 e. The third-order valence-corrected chi connectivity index (χ3v) is 9.97. The van der Waals surface area contributed by atoms with Crippen molar-refractivity contribution in [2.45, 2.75) is 23.6 Å². The first-order chi connectivity index (χ1) is 9.47. The van der Waals surface area contributed by atoms with Crippen LogP contribution in [0.1, 0.15) is 12.8 Å². The molecular weight excluding hydrogens is 388 g/mol. The van der Waals surface area contributed by atoms with E-state index in [1.54, 1.807) is 0 Å². The van der Waals surface area contributed by atoms with Crippen LogP contribution in [0, 0.1) is 0 Å². The van der Waals surface area contributed by atoms with Crippen LogP contribution in [0.25, 0.3) is 0 Å². The van der Waals surface area contributed by atoms with Gasteiger partial charge in [0.2, 0.25) is 0 Å². The van der Waals surface area contributed by atoms with Gasteiger partial charge in [0.05, 0.1) is 0 Å². The lowest BCUT2D eigenvalue weighted by atomic mass is 10.3. The molecule has 0 spiro atoms. The molecule has 0 aliphatic carbocycles. The Morgan fingerprint density at radius 3 is 0.864 bits per heavy atom. The fraction of sp³-hybridized carbons (Fsp3) is 0.667. The third-order valence-electron chi connectivity index (χ3n) is 2.41. The Labute approximate surface area is 124 Å². The van der Waals surface area contributed by atoms with Crippen LogP contribution in [0.4, 0.5) is 0 Å². The standard InChI is InChI=1S/C6H16O12P4/c7-19(8,9)5(20(10,11)12)3-1-2-4-6(21(13,14)15)22(16,17)18/h1-2,5-6H,3-4H2,(H2,7,8,9)(H2,10,11,12)(H2,13,14,15)(H2,16,17,18)/b2-1+. The average Bonchev–Trinajstić information content (AvgIpc) is 2.14. The van der Waals surface area contributed by atoms with Crippen LogP contribution in [-0.4, -0.2) is 49.9 Å². The van der Waals surface area contributed by atoms with Gasteiger partial charge in [-0.15, -0.1) is 0 Å². The molecule has 16 heteroatoms. The van der Waals surface area contributed by atoms with Crippen molar-refractivity contribution in [2.75, 3.05) is 0 Å². The van der Waals surface area contributed by atoms with Gasteiger partial charge in [0.1, 0.15) is 0 Å². The van der Waals surface area contributed by atoms with Gasteiger partial charge >= 0.3 is 30.4 Å². The zero-order valence-electron chi connectivity index (χ0n) is 10.7. The quantitative estimate of drug-likeness (QED) is 0.192. The number of hydrogen-bond donors (Lipinski definition) is 8. The molecule has 0 saturated heterocycles. The zero-order chi connectivity index (χ0) is 18.0. The van der Waals surface area contributed by atoms with E-state index in [1.165, 1.54) is 0 Å². The molecule has 0 radical (unpaired) electrons. The third kappa shape index (κ3) is 7.75. The van der Waals surface area contributed by atoms with Gasteiger partial charge in [0, 0.05) is 0 Å². The molecule has 12 nitrogen and oxygen atoms in total. The van der Waals surface area contributed by atoms with Crippen molar-refractivity contribution in [2.24, 2.45) is 0 Å². The number of allylic oxidation sites excluding steroid dienone is 2. The Morgan fingerprint density at radius 1 is 0.545 bits per heavy atom. The SMILES string of the molecule is O=P(O)(O)C(C/C=C/CC(P(=O)(O)O)P(=O)(O)O)P(=O)(O)O. The second kappa shape index (κ2) is 7.49. The van der Waals surface area contributed by atoms with E-state index in [1.807, 2.05) is 0 Å². The van der Waals surface area contributed by atoms with Crippen molar-refractivity contribution in [1.29, 1.82) is 0 Å². The van der Waals surface area contributed by atoms with Gasteiger partial charge < -0.3 is 39.1 Å². The molecule has 0 bridgehead atoms. The Hall–Kier alpha value is 0.340. The van der Waals surface area contributed by atoms with Crippen molar-refractivity contribution in [3.8, 4) is 0 Å². The van der Waals surface area contributed by atoms with Crippen LogP contribution in [0.15, 0.2) is 12.2 Å². The molecular formula is C6H16O12P4. The van der Waals surface area contributed by atoms with E-state index < -0.39 is 54.0 Å². The Morgan fingerprint density at radius 2 is 0.727 bits per heavy atom. The van der Waals surface area contributed by atoms with Crippen molar-refractivity contribution in [3.05, 3.63) is 12.2 Å². The summed E-state index contributed by atoms with van der Waals surface area (Å²) < 4.78 is 43.8. The fourth-order valence-electron chi connectivity index (χ4n) is 1.38. The van der Waals surface area contributed by atoms with Gasteiger partial charge in [-0.05, 0) is 12.8 Å². The summed E-state index contributed by atoms with van der Waals surface area (Å²) in [5, 5.41) is -4.69. The summed E-state index contributed by atoms with van der Waals surface area (Å²) in [6.07, 6.45) is -0.129. The highest BCUT2D eigenvalue weighted by molar-refractivity contribution is 7.71. The second-order valence-electron chi connectivity index (χ2n) is 4.26. The van der Waals surface area contributed by atoms with Crippen LogP contribution in [0.5, 0.6) is 0 Å². The number of rotatable bonds is 8. The molecule has 0 atom stereocenters. The summed E-state index contributed by atoms with van der Waals surface area (Å²) in [5.74, 6) is 0. The van der Waals surface area contributed by atoms with Gasteiger partial charge in [-0.25, -0.2) is 0 Å². The van der Waals surface area contributed by atoms with Gasteiger partial charge in [-0.1, -0.05) is 12.2 Å². The number of hydrogen-bond acceptors (Lipinski definition) is 4. The van der Waals surface area contributed by atoms with Gasteiger partial charge in [-0.3, -0.25) is 18.3 Å². The average molecular weight is 404 g/mol. The van der Waals surface area contributed by atoms with Crippen molar-refractivity contribution >= 4 is 30.4 Å². The summed E-state index contributed by atoms with van der Waals surface area (Å²) in [7, 11) is -20.6. The zero-order valence-corrected chi connectivity index (χ0v) is 14.3. The molecule has 0 fully saturated rings. The van der Waals surface area contributed by atoms with Gasteiger partial charge in [0.25, 0.3) is 0 Å². The molecule has 0 amide bonds. The van der Waals surface area contributed by atoms with E-state index >= 15 is 0 Å². The van der Waals surface area contributed by atoms with E-state index in [0.29, 0.717) is 0 Å². The van der Waals surface area contributed by atoms with Gasteiger partial charge in [0.15, 0.2) is 10.8 Å². The minimum absolute atomic E-state index is 0.779. The molecule has 0 aliphatic rings. The molecule has 8 N–H and O–H groups in total. The largest absolute Gasteiger partial charge is 0.341 e. The minimum Gasteiger partial charge on any atom is -0.324 e. The van der Waals surface area contributed by atoms with Crippen LogP contribution >= 0.6 is 30.4 Å². The summed E-state index contributed by atoms with van der Waals surface area (Å²) >= 11 is 0. The molecule has 0 aromatic heterocycles.